The van der Waals surface area contributed by atoms with Gasteiger partial charge in [-0.05, 0) is 41.0 Å². The molecule has 0 aliphatic heterocycles. The average molecular weight is 331 g/mol. The molecule has 0 radical (unpaired) electrons. The summed E-state index contributed by atoms with van der Waals surface area (Å²) < 4.78 is 5.51. The van der Waals surface area contributed by atoms with E-state index in [0.29, 0.717) is 13.0 Å². The van der Waals surface area contributed by atoms with Crippen LogP contribution in [0.2, 0.25) is 0 Å². The first-order chi connectivity index (χ1) is 12.3. The Morgan fingerprint density at radius 3 is 2.16 bits per heavy atom. The van der Waals surface area contributed by atoms with E-state index in [1.165, 1.54) is 11.1 Å². The van der Waals surface area contributed by atoms with Gasteiger partial charge in [0.15, 0.2) is 0 Å². The van der Waals surface area contributed by atoms with Gasteiger partial charge in [-0.25, -0.2) is 0 Å². The van der Waals surface area contributed by atoms with Crippen LogP contribution in [0.15, 0.2) is 83.9 Å². The molecule has 0 spiro atoms. The molecule has 0 atom stereocenters. The summed E-state index contributed by atoms with van der Waals surface area (Å²) in [6.45, 7) is 0.665. The fraction of sp³-hybridized carbons (Fsp3) is 0.136. The van der Waals surface area contributed by atoms with E-state index in [-0.39, 0.29) is 6.61 Å². The van der Waals surface area contributed by atoms with Gasteiger partial charge in [-0.15, -0.1) is 0 Å². The molecule has 0 amide bonds. The summed E-state index contributed by atoms with van der Waals surface area (Å²) in [5.74, 6) is 0.791. The van der Waals surface area contributed by atoms with E-state index in [2.05, 4.69) is 41.4 Å². The summed E-state index contributed by atoms with van der Waals surface area (Å²) >= 11 is 0. The molecule has 0 aliphatic rings. The maximum atomic E-state index is 8.75. The lowest BCUT2D eigenvalue weighted by molar-refractivity contribution is 0.233. The van der Waals surface area contributed by atoms with Gasteiger partial charge in [-0.1, -0.05) is 54.6 Å². The van der Waals surface area contributed by atoms with Crippen LogP contribution < -0.4 is 4.74 Å². The summed E-state index contributed by atoms with van der Waals surface area (Å²) in [4.78, 5) is 4.50. The van der Waals surface area contributed by atoms with Gasteiger partial charge >= 0.3 is 0 Å². The Hall–Kier alpha value is -2.91. The van der Waals surface area contributed by atoms with E-state index in [1.807, 2.05) is 48.7 Å². The number of rotatable bonds is 7. The fourth-order valence-corrected chi connectivity index (χ4v) is 2.42. The number of nitrogens with zero attached hydrogens (tertiary/aromatic N) is 1. The van der Waals surface area contributed by atoms with Crippen molar-refractivity contribution in [3.8, 4) is 16.9 Å². The maximum Gasteiger partial charge on any atom is 0.119 e. The normalized spacial score (nSPS) is 10.9. The minimum atomic E-state index is 0.144. The summed E-state index contributed by atoms with van der Waals surface area (Å²) in [5, 5.41) is 8.75. The third-order valence-electron chi connectivity index (χ3n) is 3.79. The Labute approximate surface area is 148 Å². The van der Waals surface area contributed by atoms with Crippen LogP contribution >= 0.6 is 0 Å². The van der Waals surface area contributed by atoms with Gasteiger partial charge in [0.2, 0.25) is 0 Å². The van der Waals surface area contributed by atoms with E-state index in [0.717, 1.165) is 17.0 Å². The molecule has 3 nitrogen and oxygen atoms in total. The SMILES string of the molecule is OCCCOc1ccc(N=Cc2ccc(-c3ccccc3)cc2)cc1. The topological polar surface area (TPSA) is 41.8 Å². The van der Waals surface area contributed by atoms with Crippen LogP contribution in [0.5, 0.6) is 5.75 Å². The van der Waals surface area contributed by atoms with Crippen molar-refractivity contribution >= 4 is 11.9 Å². The molecule has 1 N–H and O–H groups in total. The van der Waals surface area contributed by atoms with Gasteiger partial charge in [0, 0.05) is 19.2 Å². The molecular formula is C22H21NO2. The highest BCUT2D eigenvalue weighted by atomic mass is 16.5. The largest absolute Gasteiger partial charge is 0.494 e. The highest BCUT2D eigenvalue weighted by Gasteiger charge is 1.97. The highest BCUT2D eigenvalue weighted by Crippen LogP contribution is 2.20. The molecule has 0 saturated carbocycles. The van der Waals surface area contributed by atoms with Crippen molar-refractivity contribution in [2.24, 2.45) is 4.99 Å². The molecule has 0 aromatic heterocycles. The van der Waals surface area contributed by atoms with Crippen molar-refractivity contribution in [2.45, 2.75) is 6.42 Å². The Morgan fingerprint density at radius 2 is 1.48 bits per heavy atom. The summed E-state index contributed by atoms with van der Waals surface area (Å²) in [6.07, 6.45) is 2.50. The van der Waals surface area contributed by atoms with Gasteiger partial charge in [-0.2, -0.15) is 0 Å². The number of ether oxygens (including phenoxy) is 1. The molecule has 0 bridgehead atoms. The molecule has 3 rings (SSSR count). The molecule has 25 heavy (non-hydrogen) atoms. The number of aliphatic hydroxyl groups excluding tert-OH is 1. The summed E-state index contributed by atoms with van der Waals surface area (Å²) in [6, 6.07) is 26.3. The summed E-state index contributed by atoms with van der Waals surface area (Å²) in [5.41, 5.74) is 4.34. The van der Waals surface area contributed by atoms with Gasteiger partial charge < -0.3 is 9.84 Å². The minimum absolute atomic E-state index is 0.144. The number of benzene rings is 3. The van der Waals surface area contributed by atoms with Crippen molar-refractivity contribution in [1.82, 2.24) is 0 Å². The summed E-state index contributed by atoms with van der Waals surface area (Å²) in [7, 11) is 0. The molecule has 0 aliphatic carbocycles. The lowest BCUT2D eigenvalue weighted by Gasteiger charge is -2.04. The Morgan fingerprint density at radius 1 is 0.800 bits per heavy atom. The van der Waals surface area contributed by atoms with Crippen LogP contribution in [0.4, 0.5) is 5.69 Å². The van der Waals surface area contributed by atoms with E-state index < -0.39 is 0 Å². The molecule has 0 saturated heterocycles. The predicted molar refractivity (Wildman–Crippen MR) is 103 cm³/mol. The molecule has 3 aromatic carbocycles. The predicted octanol–water partition coefficient (Wildman–Crippen LogP) is 4.87. The third kappa shape index (κ3) is 5.03. The smallest absolute Gasteiger partial charge is 0.119 e. The van der Waals surface area contributed by atoms with Gasteiger partial charge in [-0.3, -0.25) is 4.99 Å². The third-order valence-corrected chi connectivity index (χ3v) is 3.79. The first-order valence-electron chi connectivity index (χ1n) is 8.38. The standard InChI is InChI=1S/C22H21NO2/c24-15-4-16-25-22-13-11-21(12-14-22)23-17-18-7-9-20(10-8-18)19-5-2-1-3-6-19/h1-3,5-14,17,24H,4,15-16H2. The zero-order valence-electron chi connectivity index (χ0n) is 14.0. The minimum Gasteiger partial charge on any atom is -0.494 e. The second-order valence-electron chi connectivity index (χ2n) is 5.67. The lowest BCUT2D eigenvalue weighted by Crippen LogP contribution is -1.99. The van der Waals surface area contributed by atoms with Crippen LogP contribution in [0.3, 0.4) is 0 Å². The molecule has 0 unspecified atom stereocenters. The monoisotopic (exact) mass is 331 g/mol. The van der Waals surface area contributed by atoms with E-state index in [4.69, 9.17) is 9.84 Å². The Balaban J connectivity index is 1.62. The van der Waals surface area contributed by atoms with Gasteiger partial charge in [0.1, 0.15) is 5.75 Å². The average Bonchev–Trinajstić information content (AvgIpc) is 2.69. The fourth-order valence-electron chi connectivity index (χ4n) is 2.42. The zero-order chi connectivity index (χ0) is 17.3. The van der Waals surface area contributed by atoms with Crippen LogP contribution in [-0.4, -0.2) is 24.5 Å². The number of hydrogen-bond acceptors (Lipinski definition) is 3. The molecule has 3 aromatic rings. The maximum absolute atomic E-state index is 8.75. The molecule has 126 valence electrons. The van der Waals surface area contributed by atoms with Crippen LogP contribution in [0.1, 0.15) is 12.0 Å². The van der Waals surface area contributed by atoms with Crippen molar-refractivity contribution in [3.63, 3.8) is 0 Å². The Bertz CT molecular complexity index is 794. The van der Waals surface area contributed by atoms with E-state index >= 15 is 0 Å². The van der Waals surface area contributed by atoms with Gasteiger partial charge in [0.05, 0.1) is 12.3 Å². The van der Waals surface area contributed by atoms with Crippen molar-refractivity contribution in [3.05, 3.63) is 84.4 Å². The Kier molecular flexibility index (Phi) is 5.96. The quantitative estimate of drug-likeness (QED) is 0.496. The number of hydrogen-bond donors (Lipinski definition) is 1. The lowest BCUT2D eigenvalue weighted by atomic mass is 10.0. The number of aliphatic hydroxyl groups is 1. The van der Waals surface area contributed by atoms with Crippen molar-refractivity contribution in [1.29, 1.82) is 0 Å². The molecule has 0 fully saturated rings. The number of aliphatic imine (C=N–C) groups is 1. The zero-order valence-corrected chi connectivity index (χ0v) is 14.0. The molecular weight excluding hydrogens is 310 g/mol. The van der Waals surface area contributed by atoms with Crippen molar-refractivity contribution in [2.75, 3.05) is 13.2 Å². The molecule has 0 heterocycles. The van der Waals surface area contributed by atoms with E-state index in [1.54, 1.807) is 0 Å². The van der Waals surface area contributed by atoms with Crippen LogP contribution in [0.25, 0.3) is 11.1 Å². The van der Waals surface area contributed by atoms with Crippen LogP contribution in [-0.2, 0) is 0 Å². The first-order valence-corrected chi connectivity index (χ1v) is 8.38. The van der Waals surface area contributed by atoms with Crippen molar-refractivity contribution < 1.29 is 9.84 Å². The second-order valence-corrected chi connectivity index (χ2v) is 5.67. The molecule has 3 heteroatoms. The van der Waals surface area contributed by atoms with Gasteiger partial charge in [0.25, 0.3) is 0 Å². The first kappa shape index (κ1) is 16.9. The van der Waals surface area contributed by atoms with Crippen LogP contribution in [0, 0.1) is 0 Å². The second kappa shape index (κ2) is 8.81. The highest BCUT2D eigenvalue weighted by molar-refractivity contribution is 5.83. The van der Waals surface area contributed by atoms with E-state index in [9.17, 15) is 0 Å².